The normalized spacial score (nSPS) is 12.3. The first-order valence-corrected chi connectivity index (χ1v) is 6.33. The van der Waals surface area contributed by atoms with Crippen molar-refractivity contribution in [3.8, 4) is 0 Å². The van der Waals surface area contributed by atoms with Gasteiger partial charge in [-0.3, -0.25) is 4.79 Å². The molecule has 0 spiro atoms. The number of rotatable bonds is 5. The second-order valence-corrected chi connectivity index (χ2v) is 4.67. The minimum absolute atomic E-state index is 0.0475. The maximum Gasteiger partial charge on any atom is 0.242 e. The average molecular weight is 250 g/mol. The van der Waals surface area contributed by atoms with E-state index in [-0.39, 0.29) is 11.9 Å². The molecule has 0 bridgehead atoms. The fourth-order valence-corrected chi connectivity index (χ4v) is 1.54. The van der Waals surface area contributed by atoms with Crippen molar-refractivity contribution >= 4 is 11.9 Å². The highest BCUT2D eigenvalue weighted by Gasteiger charge is 2.13. The lowest BCUT2D eigenvalue weighted by Crippen LogP contribution is -2.37. The summed E-state index contributed by atoms with van der Waals surface area (Å²) in [5.41, 5.74) is 1.88. The first kappa shape index (κ1) is 14.4. The second-order valence-electron chi connectivity index (χ2n) is 4.67. The predicted octanol–water partition coefficient (Wildman–Crippen LogP) is 1.84. The monoisotopic (exact) mass is 250 g/mol. The molecule has 5 nitrogen and oxygen atoms in total. The third-order valence-corrected chi connectivity index (χ3v) is 2.56. The molecule has 0 aromatic carbocycles. The minimum Gasteiger partial charge on any atom is -0.355 e. The van der Waals surface area contributed by atoms with Crippen molar-refractivity contribution in [2.24, 2.45) is 0 Å². The highest BCUT2D eigenvalue weighted by molar-refractivity contribution is 5.83. The molecule has 1 amide bonds. The molecule has 0 fully saturated rings. The van der Waals surface area contributed by atoms with E-state index in [4.69, 9.17) is 0 Å². The Bertz CT molecular complexity index is 417. The van der Waals surface area contributed by atoms with E-state index in [1.807, 2.05) is 19.9 Å². The number of carbonyl (C=O) groups excluding carboxylic acids is 1. The van der Waals surface area contributed by atoms with E-state index in [0.717, 1.165) is 11.4 Å². The lowest BCUT2D eigenvalue weighted by Gasteiger charge is -2.15. The summed E-state index contributed by atoms with van der Waals surface area (Å²) in [6.07, 6.45) is 0. The Hall–Kier alpha value is -1.65. The number of nitrogens with one attached hydrogen (secondary N) is 2. The fraction of sp³-hybridized carbons (Fsp3) is 0.615. The van der Waals surface area contributed by atoms with Gasteiger partial charge < -0.3 is 10.6 Å². The van der Waals surface area contributed by atoms with E-state index in [1.165, 1.54) is 0 Å². The van der Waals surface area contributed by atoms with Crippen LogP contribution in [-0.4, -0.2) is 28.5 Å². The number of hydrogen-bond acceptors (Lipinski definition) is 4. The van der Waals surface area contributed by atoms with Gasteiger partial charge in [-0.25, -0.2) is 9.97 Å². The molecule has 0 radical (unpaired) electrons. The third kappa shape index (κ3) is 3.98. The van der Waals surface area contributed by atoms with E-state index >= 15 is 0 Å². The van der Waals surface area contributed by atoms with E-state index in [0.29, 0.717) is 18.4 Å². The maximum atomic E-state index is 11.6. The molecule has 1 rings (SSSR count). The molecule has 0 aliphatic heterocycles. The van der Waals surface area contributed by atoms with E-state index in [2.05, 4.69) is 34.4 Å². The summed E-state index contributed by atoms with van der Waals surface area (Å²) >= 11 is 0. The summed E-state index contributed by atoms with van der Waals surface area (Å²) in [6.45, 7) is 10.4. The summed E-state index contributed by atoms with van der Waals surface area (Å²) in [4.78, 5) is 20.3. The van der Waals surface area contributed by atoms with Gasteiger partial charge in [-0.2, -0.15) is 0 Å². The van der Waals surface area contributed by atoms with Gasteiger partial charge in [-0.15, -0.1) is 0 Å². The van der Waals surface area contributed by atoms with Crippen molar-refractivity contribution in [2.45, 2.75) is 46.6 Å². The molecule has 0 saturated heterocycles. The van der Waals surface area contributed by atoms with Crippen LogP contribution in [0.3, 0.4) is 0 Å². The molecule has 0 saturated carbocycles. The van der Waals surface area contributed by atoms with E-state index in [1.54, 1.807) is 6.92 Å². The number of nitrogens with zero attached hydrogens (tertiary/aromatic N) is 2. The van der Waals surface area contributed by atoms with Crippen LogP contribution in [0, 0.1) is 6.92 Å². The molecule has 100 valence electrons. The highest BCUT2D eigenvalue weighted by atomic mass is 16.2. The zero-order valence-electron chi connectivity index (χ0n) is 11.7. The molecule has 0 aliphatic rings. The smallest absolute Gasteiger partial charge is 0.242 e. The van der Waals surface area contributed by atoms with Crippen LogP contribution in [0.1, 0.15) is 45.0 Å². The quantitative estimate of drug-likeness (QED) is 0.837. The van der Waals surface area contributed by atoms with Crippen molar-refractivity contribution in [2.75, 3.05) is 11.9 Å². The Labute approximate surface area is 108 Å². The van der Waals surface area contributed by atoms with Gasteiger partial charge in [0.1, 0.15) is 6.04 Å². The topological polar surface area (TPSA) is 66.9 Å². The van der Waals surface area contributed by atoms with Gasteiger partial charge in [0.25, 0.3) is 0 Å². The molecule has 1 atom stereocenters. The summed E-state index contributed by atoms with van der Waals surface area (Å²) in [7, 11) is 0. The Kier molecular flexibility index (Phi) is 5.07. The van der Waals surface area contributed by atoms with Gasteiger partial charge >= 0.3 is 0 Å². The zero-order valence-corrected chi connectivity index (χ0v) is 11.7. The van der Waals surface area contributed by atoms with Gasteiger partial charge in [-0.05, 0) is 32.8 Å². The number of likely N-dealkylation sites (N-methyl/N-ethyl adjacent to an activating group) is 1. The lowest BCUT2D eigenvalue weighted by molar-refractivity contribution is -0.121. The van der Waals surface area contributed by atoms with Crippen LogP contribution >= 0.6 is 0 Å². The molecule has 0 aliphatic carbocycles. The van der Waals surface area contributed by atoms with Crippen LogP contribution in [0.2, 0.25) is 0 Å². The van der Waals surface area contributed by atoms with Gasteiger partial charge in [0.15, 0.2) is 0 Å². The fourth-order valence-electron chi connectivity index (χ4n) is 1.54. The summed E-state index contributed by atoms with van der Waals surface area (Å²) in [5.74, 6) is 0.804. The Balaban J connectivity index is 2.81. The molecule has 1 heterocycles. The van der Waals surface area contributed by atoms with Crippen LogP contribution in [0.25, 0.3) is 0 Å². The van der Waals surface area contributed by atoms with Gasteiger partial charge in [0.05, 0.1) is 0 Å². The molecular formula is C13H22N4O. The van der Waals surface area contributed by atoms with Crippen LogP contribution < -0.4 is 10.6 Å². The van der Waals surface area contributed by atoms with Crippen LogP contribution in [0.15, 0.2) is 6.07 Å². The van der Waals surface area contributed by atoms with Crippen LogP contribution in [0.5, 0.6) is 0 Å². The largest absolute Gasteiger partial charge is 0.355 e. The number of carbonyl (C=O) groups is 1. The number of aromatic nitrogens is 2. The summed E-state index contributed by atoms with van der Waals surface area (Å²) < 4.78 is 0. The number of amides is 1. The third-order valence-electron chi connectivity index (χ3n) is 2.56. The molecule has 2 N–H and O–H groups in total. The first-order chi connectivity index (χ1) is 8.43. The number of hydrogen-bond donors (Lipinski definition) is 2. The molecule has 1 unspecified atom stereocenters. The van der Waals surface area contributed by atoms with Crippen molar-refractivity contribution in [3.05, 3.63) is 17.5 Å². The SMILES string of the molecule is CCNC(=O)C(C)Nc1nc(C)cc(C(C)C)n1. The Morgan fingerprint density at radius 2 is 2.00 bits per heavy atom. The molecule has 1 aromatic rings. The number of anilines is 1. The molecular weight excluding hydrogens is 228 g/mol. The van der Waals surface area contributed by atoms with E-state index in [9.17, 15) is 4.79 Å². The van der Waals surface area contributed by atoms with Crippen LogP contribution in [0.4, 0.5) is 5.95 Å². The molecule has 1 aromatic heterocycles. The predicted molar refractivity (Wildman–Crippen MR) is 72.6 cm³/mol. The van der Waals surface area contributed by atoms with E-state index < -0.39 is 0 Å². The first-order valence-electron chi connectivity index (χ1n) is 6.33. The second kappa shape index (κ2) is 6.33. The van der Waals surface area contributed by atoms with Crippen molar-refractivity contribution < 1.29 is 4.79 Å². The molecule has 5 heteroatoms. The standard InChI is InChI=1S/C13H22N4O/c1-6-14-12(18)10(5)16-13-15-9(4)7-11(17-13)8(2)3/h7-8,10H,6H2,1-5H3,(H,14,18)(H,15,16,17). The maximum absolute atomic E-state index is 11.6. The van der Waals surface area contributed by atoms with Gasteiger partial charge in [-0.1, -0.05) is 13.8 Å². The number of aryl methyl sites for hydroxylation is 1. The summed E-state index contributed by atoms with van der Waals surface area (Å²) in [5, 5.41) is 5.79. The van der Waals surface area contributed by atoms with Crippen LogP contribution in [-0.2, 0) is 4.79 Å². The van der Waals surface area contributed by atoms with Gasteiger partial charge in [0, 0.05) is 17.9 Å². The van der Waals surface area contributed by atoms with Crippen molar-refractivity contribution in [1.29, 1.82) is 0 Å². The summed E-state index contributed by atoms with van der Waals surface area (Å²) in [6, 6.07) is 1.62. The average Bonchev–Trinajstić information content (AvgIpc) is 2.28. The van der Waals surface area contributed by atoms with Crippen molar-refractivity contribution in [3.63, 3.8) is 0 Å². The Morgan fingerprint density at radius 1 is 1.33 bits per heavy atom. The minimum atomic E-state index is -0.341. The lowest BCUT2D eigenvalue weighted by atomic mass is 10.1. The Morgan fingerprint density at radius 3 is 2.56 bits per heavy atom. The van der Waals surface area contributed by atoms with Gasteiger partial charge in [0.2, 0.25) is 11.9 Å². The highest BCUT2D eigenvalue weighted by Crippen LogP contribution is 2.14. The molecule has 18 heavy (non-hydrogen) atoms. The zero-order chi connectivity index (χ0) is 13.7. The van der Waals surface area contributed by atoms with Crippen molar-refractivity contribution in [1.82, 2.24) is 15.3 Å².